The summed E-state index contributed by atoms with van der Waals surface area (Å²) < 4.78 is 0. The van der Waals surface area contributed by atoms with Crippen LogP contribution in [0, 0.1) is 0 Å². The predicted molar refractivity (Wildman–Crippen MR) is 88.6 cm³/mol. The van der Waals surface area contributed by atoms with Crippen molar-refractivity contribution in [1.29, 1.82) is 0 Å². The normalized spacial score (nSPS) is 14.9. The van der Waals surface area contributed by atoms with Gasteiger partial charge in [-0.05, 0) is 56.8 Å². The van der Waals surface area contributed by atoms with E-state index >= 15 is 0 Å². The van der Waals surface area contributed by atoms with E-state index in [0.29, 0.717) is 0 Å². The zero-order chi connectivity index (χ0) is 14.0. The van der Waals surface area contributed by atoms with Crippen LogP contribution in [0.4, 0.5) is 5.69 Å². The lowest BCUT2D eigenvalue weighted by Crippen LogP contribution is -2.25. The van der Waals surface area contributed by atoms with Gasteiger partial charge in [-0.2, -0.15) is 0 Å². The van der Waals surface area contributed by atoms with Crippen LogP contribution in [0.3, 0.4) is 0 Å². The van der Waals surface area contributed by atoms with Crippen LogP contribution in [0.2, 0.25) is 0 Å². The quantitative estimate of drug-likeness (QED) is 0.721. The molecule has 20 heavy (non-hydrogen) atoms. The predicted octanol–water partition coefficient (Wildman–Crippen LogP) is 4.00. The van der Waals surface area contributed by atoms with Crippen molar-refractivity contribution in [2.45, 2.75) is 51.9 Å². The van der Waals surface area contributed by atoms with E-state index in [2.05, 4.69) is 41.4 Å². The number of nitrogens with zero attached hydrogens (tertiary/aromatic N) is 1. The molecule has 2 heteroatoms. The molecule has 0 unspecified atom stereocenters. The number of para-hydroxylation sites is 1. The summed E-state index contributed by atoms with van der Waals surface area (Å²) in [7, 11) is 0. The molecular formula is C18H30N2. The summed E-state index contributed by atoms with van der Waals surface area (Å²) in [6, 6.07) is 8.99. The fourth-order valence-corrected chi connectivity index (χ4v) is 3.08. The van der Waals surface area contributed by atoms with Gasteiger partial charge in [0, 0.05) is 18.8 Å². The van der Waals surface area contributed by atoms with Crippen molar-refractivity contribution in [3.05, 3.63) is 29.8 Å². The second-order valence-corrected chi connectivity index (χ2v) is 5.84. The van der Waals surface area contributed by atoms with E-state index in [1.807, 2.05) is 0 Å². The fourth-order valence-electron chi connectivity index (χ4n) is 3.08. The molecule has 1 heterocycles. The summed E-state index contributed by atoms with van der Waals surface area (Å²) in [5, 5.41) is 3.40. The summed E-state index contributed by atoms with van der Waals surface area (Å²) in [5.41, 5.74) is 3.05. The molecule has 0 aromatic heterocycles. The van der Waals surface area contributed by atoms with E-state index in [1.54, 1.807) is 5.56 Å². The van der Waals surface area contributed by atoms with E-state index < -0.39 is 0 Å². The van der Waals surface area contributed by atoms with Crippen LogP contribution in [0.1, 0.15) is 51.0 Å². The standard InChI is InChI=1S/C18H30N2/c1-2-19-14-8-3-4-9-15-20-16-10-7-12-17-11-5-6-13-18(17)20/h5-6,11,13,19H,2-4,7-10,12,14-16H2,1H3. The molecule has 1 aromatic carbocycles. The van der Waals surface area contributed by atoms with Gasteiger partial charge in [0.1, 0.15) is 0 Å². The lowest BCUT2D eigenvalue weighted by atomic mass is 10.1. The smallest absolute Gasteiger partial charge is 0.0398 e. The van der Waals surface area contributed by atoms with Gasteiger partial charge in [-0.1, -0.05) is 38.0 Å². The number of hydrogen-bond donors (Lipinski definition) is 1. The number of hydrogen-bond acceptors (Lipinski definition) is 2. The van der Waals surface area contributed by atoms with Gasteiger partial charge in [0.05, 0.1) is 0 Å². The monoisotopic (exact) mass is 274 g/mol. The summed E-state index contributed by atoms with van der Waals surface area (Å²) in [4.78, 5) is 2.62. The number of rotatable bonds is 8. The van der Waals surface area contributed by atoms with E-state index in [1.165, 1.54) is 70.3 Å². The first-order valence-electron chi connectivity index (χ1n) is 8.45. The van der Waals surface area contributed by atoms with Crippen LogP contribution in [0.15, 0.2) is 24.3 Å². The van der Waals surface area contributed by atoms with E-state index in [9.17, 15) is 0 Å². The Bertz CT molecular complexity index is 375. The number of benzene rings is 1. The van der Waals surface area contributed by atoms with Crippen LogP contribution in [0.5, 0.6) is 0 Å². The van der Waals surface area contributed by atoms with Crippen LogP contribution < -0.4 is 10.2 Å². The molecule has 2 nitrogen and oxygen atoms in total. The van der Waals surface area contributed by atoms with Crippen molar-refractivity contribution in [2.75, 3.05) is 31.1 Å². The molecule has 1 aliphatic heterocycles. The fraction of sp³-hybridized carbons (Fsp3) is 0.667. The van der Waals surface area contributed by atoms with Gasteiger partial charge in [-0.15, -0.1) is 0 Å². The SMILES string of the molecule is CCNCCCCCCN1CCCCc2ccccc21. The molecular weight excluding hydrogens is 244 g/mol. The molecule has 1 N–H and O–H groups in total. The van der Waals surface area contributed by atoms with E-state index in [0.717, 1.165) is 6.54 Å². The highest BCUT2D eigenvalue weighted by molar-refractivity contribution is 5.54. The van der Waals surface area contributed by atoms with Gasteiger partial charge in [0.25, 0.3) is 0 Å². The van der Waals surface area contributed by atoms with Gasteiger partial charge in [-0.25, -0.2) is 0 Å². The van der Waals surface area contributed by atoms with Crippen molar-refractivity contribution in [1.82, 2.24) is 5.32 Å². The Morgan fingerprint density at radius 3 is 2.80 bits per heavy atom. The molecule has 0 saturated carbocycles. The highest BCUT2D eigenvalue weighted by Crippen LogP contribution is 2.26. The second-order valence-electron chi connectivity index (χ2n) is 5.84. The average molecular weight is 274 g/mol. The number of nitrogens with one attached hydrogen (secondary N) is 1. The average Bonchev–Trinajstić information content (AvgIpc) is 2.69. The Hall–Kier alpha value is -1.02. The molecule has 0 spiro atoms. The number of anilines is 1. The second kappa shape index (κ2) is 9.02. The van der Waals surface area contributed by atoms with Crippen LogP contribution in [-0.4, -0.2) is 26.2 Å². The minimum atomic E-state index is 1.10. The first-order chi connectivity index (χ1) is 9.92. The lowest BCUT2D eigenvalue weighted by molar-refractivity contribution is 0.588. The molecule has 0 aliphatic carbocycles. The van der Waals surface area contributed by atoms with Crippen molar-refractivity contribution in [2.24, 2.45) is 0 Å². The highest BCUT2D eigenvalue weighted by atomic mass is 15.1. The van der Waals surface area contributed by atoms with Crippen molar-refractivity contribution >= 4 is 5.69 Å². The Balaban J connectivity index is 1.72. The van der Waals surface area contributed by atoms with Gasteiger partial charge >= 0.3 is 0 Å². The third-order valence-corrected chi connectivity index (χ3v) is 4.24. The molecule has 112 valence electrons. The van der Waals surface area contributed by atoms with Crippen molar-refractivity contribution in [3.8, 4) is 0 Å². The minimum Gasteiger partial charge on any atom is -0.371 e. The highest BCUT2D eigenvalue weighted by Gasteiger charge is 2.13. The summed E-state index contributed by atoms with van der Waals surface area (Å²) in [6.45, 7) is 6.94. The third-order valence-electron chi connectivity index (χ3n) is 4.24. The molecule has 1 aromatic rings. The topological polar surface area (TPSA) is 15.3 Å². The molecule has 0 radical (unpaired) electrons. The molecule has 2 rings (SSSR count). The third kappa shape index (κ3) is 4.82. The largest absolute Gasteiger partial charge is 0.371 e. The molecule has 0 atom stereocenters. The Morgan fingerprint density at radius 1 is 1.05 bits per heavy atom. The van der Waals surface area contributed by atoms with Crippen molar-refractivity contribution in [3.63, 3.8) is 0 Å². The number of fused-ring (bicyclic) bond motifs is 1. The zero-order valence-electron chi connectivity index (χ0n) is 13.0. The summed E-state index contributed by atoms with van der Waals surface area (Å²) >= 11 is 0. The van der Waals surface area contributed by atoms with Crippen LogP contribution >= 0.6 is 0 Å². The van der Waals surface area contributed by atoms with Crippen LogP contribution in [0.25, 0.3) is 0 Å². The molecule has 1 aliphatic rings. The van der Waals surface area contributed by atoms with Crippen LogP contribution in [-0.2, 0) is 6.42 Å². The van der Waals surface area contributed by atoms with E-state index in [-0.39, 0.29) is 0 Å². The van der Waals surface area contributed by atoms with Gasteiger partial charge in [0.15, 0.2) is 0 Å². The summed E-state index contributed by atoms with van der Waals surface area (Å²) in [6.07, 6.45) is 9.33. The zero-order valence-corrected chi connectivity index (χ0v) is 13.0. The Kier molecular flexibility index (Phi) is 6.93. The first kappa shape index (κ1) is 15.4. The number of aryl methyl sites for hydroxylation is 1. The van der Waals surface area contributed by atoms with E-state index in [4.69, 9.17) is 0 Å². The maximum Gasteiger partial charge on any atom is 0.0398 e. The Morgan fingerprint density at radius 2 is 1.90 bits per heavy atom. The van der Waals surface area contributed by atoms with Gasteiger partial charge in [0.2, 0.25) is 0 Å². The lowest BCUT2D eigenvalue weighted by Gasteiger charge is -2.25. The Labute approximate surface area is 124 Å². The van der Waals surface area contributed by atoms with Gasteiger partial charge in [-0.3, -0.25) is 0 Å². The van der Waals surface area contributed by atoms with Gasteiger partial charge < -0.3 is 10.2 Å². The minimum absolute atomic E-state index is 1.10. The molecule has 0 bridgehead atoms. The molecule has 0 amide bonds. The maximum absolute atomic E-state index is 3.40. The number of unbranched alkanes of at least 4 members (excludes halogenated alkanes) is 3. The first-order valence-corrected chi connectivity index (χ1v) is 8.45. The summed E-state index contributed by atoms with van der Waals surface area (Å²) in [5.74, 6) is 0. The maximum atomic E-state index is 3.40. The van der Waals surface area contributed by atoms with Crippen molar-refractivity contribution < 1.29 is 0 Å². The molecule has 0 saturated heterocycles. The molecule has 0 fully saturated rings.